The van der Waals surface area contributed by atoms with E-state index in [1.165, 1.54) is 6.07 Å². The third-order valence-electron chi connectivity index (χ3n) is 2.81. The van der Waals surface area contributed by atoms with E-state index in [-0.39, 0.29) is 11.3 Å². The van der Waals surface area contributed by atoms with Crippen molar-refractivity contribution < 1.29 is 27.3 Å². The minimum absolute atomic E-state index is 0.175. The molecule has 2 unspecified atom stereocenters. The van der Waals surface area contributed by atoms with E-state index in [1.54, 1.807) is 27.7 Å². The SMILES string of the molecule is CC(N[S+]([O-])C(C)(C)C)c1cc(OC(N)=O)cc(C(F)(F)F)c1. The summed E-state index contributed by atoms with van der Waals surface area (Å²) in [7, 11) is 0. The maximum Gasteiger partial charge on any atom is 0.416 e. The summed E-state index contributed by atoms with van der Waals surface area (Å²) in [6.45, 7) is 6.76. The molecule has 2 atom stereocenters. The number of rotatable bonds is 4. The van der Waals surface area contributed by atoms with Crippen LogP contribution in [-0.4, -0.2) is 15.4 Å². The summed E-state index contributed by atoms with van der Waals surface area (Å²) in [6.07, 6.45) is -5.83. The molecule has 5 nitrogen and oxygen atoms in total. The number of nitrogens with two attached hydrogens (primary N) is 1. The van der Waals surface area contributed by atoms with E-state index >= 15 is 0 Å². The first-order valence-corrected chi connectivity index (χ1v) is 7.83. The number of benzene rings is 1. The minimum atomic E-state index is -4.62. The van der Waals surface area contributed by atoms with Crippen molar-refractivity contribution in [3.05, 3.63) is 29.3 Å². The molecule has 23 heavy (non-hydrogen) atoms. The van der Waals surface area contributed by atoms with Crippen molar-refractivity contribution in [2.75, 3.05) is 0 Å². The number of hydrogen-bond acceptors (Lipinski definition) is 4. The second-order valence-corrected chi connectivity index (χ2v) is 7.93. The first kappa shape index (κ1) is 19.6. The summed E-state index contributed by atoms with van der Waals surface area (Å²) >= 11 is -1.48. The van der Waals surface area contributed by atoms with Crippen molar-refractivity contribution in [1.29, 1.82) is 0 Å². The summed E-state index contributed by atoms with van der Waals surface area (Å²) in [6, 6.07) is 2.18. The van der Waals surface area contributed by atoms with Crippen LogP contribution in [0.25, 0.3) is 0 Å². The highest BCUT2D eigenvalue weighted by molar-refractivity contribution is 7.90. The molecule has 0 aliphatic heterocycles. The fraction of sp³-hybridized carbons (Fsp3) is 0.500. The van der Waals surface area contributed by atoms with Crippen LogP contribution < -0.4 is 15.2 Å². The normalized spacial score (nSPS) is 15.1. The Kier molecular flexibility index (Phi) is 5.95. The average molecular weight is 352 g/mol. The first-order chi connectivity index (χ1) is 10.3. The lowest BCUT2D eigenvalue weighted by Crippen LogP contribution is -2.40. The van der Waals surface area contributed by atoms with Crippen LogP contribution in [0.15, 0.2) is 18.2 Å². The summed E-state index contributed by atoms with van der Waals surface area (Å²) < 4.78 is 57.6. The van der Waals surface area contributed by atoms with Crippen LogP contribution in [0, 0.1) is 0 Å². The molecule has 1 aromatic rings. The Morgan fingerprint density at radius 2 is 1.87 bits per heavy atom. The van der Waals surface area contributed by atoms with Gasteiger partial charge in [0.15, 0.2) is 0 Å². The molecule has 1 aromatic carbocycles. The fourth-order valence-electron chi connectivity index (χ4n) is 1.62. The highest BCUT2D eigenvalue weighted by Gasteiger charge is 2.33. The Bertz CT molecular complexity index is 573. The number of nitrogens with one attached hydrogen (secondary N) is 1. The van der Waals surface area contributed by atoms with Gasteiger partial charge in [0.2, 0.25) is 0 Å². The third kappa shape index (κ3) is 5.92. The molecule has 0 saturated heterocycles. The molecule has 130 valence electrons. The van der Waals surface area contributed by atoms with Gasteiger partial charge in [-0.15, -0.1) is 4.72 Å². The summed E-state index contributed by atoms with van der Waals surface area (Å²) in [5.41, 5.74) is 4.03. The van der Waals surface area contributed by atoms with Gasteiger partial charge in [-0.3, -0.25) is 0 Å². The highest BCUT2D eigenvalue weighted by atomic mass is 32.2. The van der Waals surface area contributed by atoms with Gasteiger partial charge >= 0.3 is 12.3 Å². The molecular formula is C14H19F3N2O3S. The lowest BCUT2D eigenvalue weighted by Gasteiger charge is -2.27. The van der Waals surface area contributed by atoms with Crippen LogP contribution in [-0.2, 0) is 17.5 Å². The number of hydrogen-bond donors (Lipinski definition) is 2. The average Bonchev–Trinajstić information content (AvgIpc) is 2.35. The molecule has 0 radical (unpaired) electrons. The van der Waals surface area contributed by atoms with E-state index in [4.69, 9.17) is 5.73 Å². The molecule has 0 aliphatic carbocycles. The summed E-state index contributed by atoms with van der Waals surface area (Å²) in [5.74, 6) is -0.322. The highest BCUT2D eigenvalue weighted by Crippen LogP contribution is 2.34. The van der Waals surface area contributed by atoms with Crippen LogP contribution in [0.2, 0.25) is 0 Å². The van der Waals surface area contributed by atoms with Crippen LogP contribution in [0.4, 0.5) is 18.0 Å². The van der Waals surface area contributed by atoms with Crippen molar-refractivity contribution in [2.45, 2.75) is 44.7 Å². The van der Waals surface area contributed by atoms with Gasteiger partial charge in [-0.1, -0.05) is 0 Å². The molecule has 1 amide bonds. The number of primary amides is 1. The Balaban J connectivity index is 3.16. The Morgan fingerprint density at radius 1 is 1.30 bits per heavy atom. The van der Waals surface area contributed by atoms with E-state index in [2.05, 4.69) is 9.46 Å². The van der Waals surface area contributed by atoms with Crippen molar-refractivity contribution in [3.8, 4) is 5.75 Å². The van der Waals surface area contributed by atoms with Gasteiger partial charge in [0.05, 0.1) is 11.6 Å². The number of carbonyl (C=O) groups is 1. The van der Waals surface area contributed by atoms with Gasteiger partial charge in [-0.05, 0) is 51.5 Å². The molecule has 0 fully saturated rings. The number of carbonyl (C=O) groups excluding carboxylic acids is 1. The van der Waals surface area contributed by atoms with Gasteiger partial charge < -0.3 is 15.0 Å². The third-order valence-corrected chi connectivity index (χ3v) is 4.49. The van der Waals surface area contributed by atoms with Crippen molar-refractivity contribution in [3.63, 3.8) is 0 Å². The lowest BCUT2D eigenvalue weighted by molar-refractivity contribution is -0.137. The summed E-state index contributed by atoms with van der Waals surface area (Å²) in [5, 5.41) is 0. The zero-order valence-electron chi connectivity index (χ0n) is 13.2. The maximum absolute atomic E-state index is 12.9. The quantitative estimate of drug-likeness (QED) is 0.814. The van der Waals surface area contributed by atoms with Gasteiger partial charge in [0.25, 0.3) is 0 Å². The van der Waals surface area contributed by atoms with E-state index in [9.17, 15) is 22.5 Å². The largest absolute Gasteiger partial charge is 0.598 e. The zero-order chi connectivity index (χ0) is 18.0. The van der Waals surface area contributed by atoms with E-state index in [0.29, 0.717) is 6.07 Å². The van der Waals surface area contributed by atoms with E-state index in [0.717, 1.165) is 6.07 Å². The molecule has 0 heterocycles. The molecule has 0 aromatic heterocycles. The van der Waals surface area contributed by atoms with Crippen LogP contribution in [0.5, 0.6) is 5.75 Å². The van der Waals surface area contributed by atoms with Crippen molar-refractivity contribution in [2.24, 2.45) is 5.73 Å². The zero-order valence-corrected chi connectivity index (χ0v) is 14.0. The monoisotopic (exact) mass is 352 g/mol. The fourth-order valence-corrected chi connectivity index (χ4v) is 2.43. The minimum Gasteiger partial charge on any atom is -0.598 e. The molecular weight excluding hydrogens is 333 g/mol. The summed E-state index contributed by atoms with van der Waals surface area (Å²) in [4.78, 5) is 10.8. The standard InChI is InChI=1S/C14H19F3N2O3S/c1-8(19-23(21)13(2,3)4)9-5-10(14(15,16)17)7-11(6-9)22-12(18)20/h5-8,19H,1-4H3,(H2,18,20). The maximum atomic E-state index is 12.9. The van der Waals surface area contributed by atoms with Crippen LogP contribution >= 0.6 is 0 Å². The molecule has 0 aliphatic rings. The van der Waals surface area contributed by atoms with Gasteiger partial charge in [-0.2, -0.15) is 13.2 Å². The first-order valence-electron chi connectivity index (χ1n) is 6.68. The smallest absolute Gasteiger partial charge is 0.416 e. The molecule has 9 heteroatoms. The van der Waals surface area contributed by atoms with Gasteiger partial charge in [0.1, 0.15) is 10.5 Å². The van der Waals surface area contributed by atoms with Crippen LogP contribution in [0.3, 0.4) is 0 Å². The van der Waals surface area contributed by atoms with Gasteiger partial charge in [-0.25, -0.2) is 4.79 Å². The molecule has 0 saturated carbocycles. The second-order valence-electron chi connectivity index (χ2n) is 5.93. The van der Waals surface area contributed by atoms with E-state index < -0.39 is 40.0 Å². The molecule has 0 spiro atoms. The Morgan fingerprint density at radius 3 is 2.30 bits per heavy atom. The molecule has 1 rings (SSSR count). The second kappa shape index (κ2) is 6.98. The number of alkyl halides is 3. The number of halogens is 3. The predicted octanol–water partition coefficient (Wildman–Crippen LogP) is 3.28. The lowest BCUT2D eigenvalue weighted by atomic mass is 10.0. The molecule has 0 bridgehead atoms. The number of ether oxygens (including phenoxy) is 1. The van der Waals surface area contributed by atoms with Gasteiger partial charge in [0, 0.05) is 11.4 Å². The Labute approximate surface area is 135 Å². The van der Waals surface area contributed by atoms with Crippen LogP contribution in [0.1, 0.15) is 44.9 Å². The van der Waals surface area contributed by atoms with Crippen molar-refractivity contribution >= 4 is 17.5 Å². The van der Waals surface area contributed by atoms with Crippen molar-refractivity contribution in [1.82, 2.24) is 4.72 Å². The molecule has 3 N–H and O–H groups in total. The topological polar surface area (TPSA) is 87.4 Å². The number of amides is 1. The predicted molar refractivity (Wildman–Crippen MR) is 81.1 cm³/mol. The van der Waals surface area contributed by atoms with E-state index in [1.807, 2.05) is 0 Å². The Hall–Kier alpha value is -1.45.